The molecule has 1 saturated heterocycles. The first-order chi connectivity index (χ1) is 12.8. The summed E-state index contributed by atoms with van der Waals surface area (Å²) in [7, 11) is 0. The molecule has 27 heavy (non-hydrogen) atoms. The van der Waals surface area contributed by atoms with Crippen LogP contribution in [0.3, 0.4) is 0 Å². The summed E-state index contributed by atoms with van der Waals surface area (Å²) in [5.41, 5.74) is 2.32. The number of fused-ring (bicyclic) bond motifs is 2. The highest BCUT2D eigenvalue weighted by atomic mass is 16.6. The van der Waals surface area contributed by atoms with Crippen molar-refractivity contribution >= 4 is 11.9 Å². The number of hydrogen-bond donors (Lipinski definition) is 0. The lowest BCUT2D eigenvalue weighted by atomic mass is 9.85. The molecule has 2 unspecified atom stereocenters. The minimum Gasteiger partial charge on any atom is -0.490 e. The summed E-state index contributed by atoms with van der Waals surface area (Å²) in [5, 5.41) is 0. The van der Waals surface area contributed by atoms with Crippen LogP contribution >= 0.6 is 0 Å². The maximum absolute atomic E-state index is 12.5. The van der Waals surface area contributed by atoms with Gasteiger partial charge in [0.05, 0.1) is 5.92 Å². The lowest BCUT2D eigenvalue weighted by Gasteiger charge is -2.26. The van der Waals surface area contributed by atoms with Gasteiger partial charge in [-0.2, -0.15) is 0 Å². The number of hydrogen-bond acceptors (Lipinski definition) is 5. The van der Waals surface area contributed by atoms with Crippen LogP contribution in [0.4, 0.5) is 0 Å². The zero-order chi connectivity index (χ0) is 19.7. The fraction of sp³-hybridized carbons (Fsp3) is 0.545. The molecule has 2 heterocycles. The number of carbonyl (C=O) groups excluding carboxylic acids is 2. The average molecular weight is 372 g/mol. The average Bonchev–Trinajstić information content (AvgIpc) is 3.05. The Morgan fingerprint density at radius 1 is 1.30 bits per heavy atom. The SMILES string of the molecule is C=C1OC2CC3=C[C@@H](C/C(C)=C/[C@@H](OC(=O)CC(C)CC)[C@@H]2C1=C)OC3=O. The number of ether oxygens (including phenoxy) is 3. The van der Waals surface area contributed by atoms with Crippen molar-refractivity contribution in [2.75, 3.05) is 0 Å². The van der Waals surface area contributed by atoms with Crippen molar-refractivity contribution in [1.82, 2.24) is 0 Å². The molecule has 5 atom stereocenters. The zero-order valence-corrected chi connectivity index (χ0v) is 16.3. The molecular formula is C22H28O5. The van der Waals surface area contributed by atoms with Gasteiger partial charge >= 0.3 is 11.9 Å². The summed E-state index contributed by atoms with van der Waals surface area (Å²) in [6, 6.07) is 0. The third-order valence-corrected chi connectivity index (χ3v) is 5.59. The zero-order valence-electron chi connectivity index (χ0n) is 16.3. The molecule has 0 aromatic carbocycles. The molecule has 0 radical (unpaired) electrons. The van der Waals surface area contributed by atoms with Crippen molar-refractivity contribution in [3.05, 3.63) is 47.8 Å². The maximum Gasteiger partial charge on any atom is 0.334 e. The minimum atomic E-state index is -0.494. The molecule has 2 bridgehead atoms. The Kier molecular flexibility index (Phi) is 5.59. The van der Waals surface area contributed by atoms with Gasteiger partial charge in [-0.15, -0.1) is 0 Å². The van der Waals surface area contributed by atoms with E-state index in [4.69, 9.17) is 14.2 Å². The van der Waals surface area contributed by atoms with Crippen LogP contribution in [0.15, 0.2) is 47.8 Å². The fourth-order valence-corrected chi connectivity index (χ4v) is 3.83. The Labute approximate surface area is 160 Å². The van der Waals surface area contributed by atoms with Crippen LogP contribution in [-0.4, -0.2) is 30.3 Å². The van der Waals surface area contributed by atoms with Crippen molar-refractivity contribution in [2.24, 2.45) is 11.8 Å². The maximum atomic E-state index is 12.5. The first-order valence-electron chi connectivity index (χ1n) is 9.61. The molecule has 0 N–H and O–H groups in total. The molecule has 3 rings (SSSR count). The second-order valence-electron chi connectivity index (χ2n) is 7.86. The van der Waals surface area contributed by atoms with Gasteiger partial charge in [-0.1, -0.05) is 39.0 Å². The summed E-state index contributed by atoms with van der Waals surface area (Å²) in [4.78, 5) is 24.6. The van der Waals surface area contributed by atoms with Crippen LogP contribution < -0.4 is 0 Å². The monoisotopic (exact) mass is 372 g/mol. The van der Waals surface area contributed by atoms with Crippen LogP contribution in [0, 0.1) is 11.8 Å². The molecule has 0 aromatic heterocycles. The molecule has 0 spiro atoms. The van der Waals surface area contributed by atoms with Gasteiger partial charge in [0.1, 0.15) is 24.1 Å². The van der Waals surface area contributed by atoms with E-state index in [1.807, 2.05) is 26.0 Å². The van der Waals surface area contributed by atoms with E-state index in [0.29, 0.717) is 30.6 Å². The summed E-state index contributed by atoms with van der Waals surface area (Å²) in [6.45, 7) is 14.1. The number of esters is 2. The largest absolute Gasteiger partial charge is 0.490 e. The lowest BCUT2D eigenvalue weighted by Crippen LogP contribution is -2.33. The van der Waals surface area contributed by atoms with Crippen molar-refractivity contribution in [3.8, 4) is 0 Å². The molecule has 1 aliphatic carbocycles. The van der Waals surface area contributed by atoms with E-state index in [1.165, 1.54) is 0 Å². The lowest BCUT2D eigenvalue weighted by molar-refractivity contribution is -0.150. The molecule has 5 nitrogen and oxygen atoms in total. The van der Waals surface area contributed by atoms with E-state index in [9.17, 15) is 9.59 Å². The predicted molar refractivity (Wildman–Crippen MR) is 102 cm³/mol. The minimum absolute atomic E-state index is 0.228. The molecule has 0 saturated carbocycles. The quantitative estimate of drug-likeness (QED) is 0.551. The Hall–Kier alpha value is -2.30. The van der Waals surface area contributed by atoms with E-state index < -0.39 is 6.10 Å². The van der Waals surface area contributed by atoms with E-state index >= 15 is 0 Å². The molecule has 146 valence electrons. The number of carbonyl (C=O) groups is 2. The second kappa shape index (κ2) is 7.75. The van der Waals surface area contributed by atoms with Gasteiger partial charge in [0, 0.05) is 24.8 Å². The van der Waals surface area contributed by atoms with Crippen LogP contribution in [0.1, 0.15) is 46.5 Å². The molecule has 1 fully saturated rings. The van der Waals surface area contributed by atoms with Crippen molar-refractivity contribution in [3.63, 3.8) is 0 Å². The Morgan fingerprint density at radius 3 is 2.74 bits per heavy atom. The highest BCUT2D eigenvalue weighted by molar-refractivity contribution is 5.91. The van der Waals surface area contributed by atoms with Crippen molar-refractivity contribution in [2.45, 2.75) is 64.8 Å². The van der Waals surface area contributed by atoms with E-state index in [2.05, 4.69) is 20.1 Å². The first kappa shape index (κ1) is 19.5. The first-order valence-corrected chi connectivity index (χ1v) is 9.61. The second-order valence-corrected chi connectivity index (χ2v) is 7.86. The normalized spacial score (nSPS) is 33.2. The molecule has 3 aliphatic rings. The van der Waals surface area contributed by atoms with Gasteiger partial charge in [0.2, 0.25) is 0 Å². The van der Waals surface area contributed by atoms with Gasteiger partial charge in [-0.25, -0.2) is 4.79 Å². The van der Waals surface area contributed by atoms with Crippen LogP contribution in [-0.2, 0) is 23.8 Å². The molecular weight excluding hydrogens is 344 g/mol. The van der Waals surface area contributed by atoms with E-state index in [-0.39, 0.29) is 36.0 Å². The van der Waals surface area contributed by atoms with Gasteiger partial charge in [0.15, 0.2) is 0 Å². The fourth-order valence-electron chi connectivity index (χ4n) is 3.83. The third kappa shape index (κ3) is 4.18. The van der Waals surface area contributed by atoms with Crippen LogP contribution in [0.5, 0.6) is 0 Å². The van der Waals surface area contributed by atoms with Crippen LogP contribution in [0.2, 0.25) is 0 Å². The number of rotatable bonds is 4. The Morgan fingerprint density at radius 2 is 2.04 bits per heavy atom. The van der Waals surface area contributed by atoms with Gasteiger partial charge in [-0.3, -0.25) is 4.79 Å². The van der Waals surface area contributed by atoms with Crippen molar-refractivity contribution in [1.29, 1.82) is 0 Å². The smallest absolute Gasteiger partial charge is 0.334 e. The van der Waals surface area contributed by atoms with Crippen molar-refractivity contribution < 1.29 is 23.8 Å². The van der Waals surface area contributed by atoms with Gasteiger partial charge in [0.25, 0.3) is 0 Å². The predicted octanol–water partition coefficient (Wildman–Crippen LogP) is 4.01. The summed E-state index contributed by atoms with van der Waals surface area (Å²) in [6.07, 6.45) is 4.97. The Bertz CT molecular complexity index is 729. The summed E-state index contributed by atoms with van der Waals surface area (Å²) < 4.78 is 17.2. The molecule has 5 heteroatoms. The Balaban J connectivity index is 1.90. The number of allylic oxidation sites excluding steroid dienone is 1. The molecule has 0 amide bonds. The van der Waals surface area contributed by atoms with Gasteiger partial charge < -0.3 is 14.2 Å². The van der Waals surface area contributed by atoms with E-state index in [1.54, 1.807) is 0 Å². The standard InChI is InChI=1S/C22H28O5/c1-6-12(2)9-20(23)27-18-8-13(3)7-17-10-16(22(24)26-17)11-19-21(18)14(4)15(5)25-19/h8,10,12,17-19,21H,4-7,9,11H2,1-3H3/b13-8+/t12?,17-,18-,19?,21+/m1/s1. The third-order valence-electron chi connectivity index (χ3n) is 5.59. The summed E-state index contributed by atoms with van der Waals surface area (Å²) in [5.74, 6) is -0.0385. The highest BCUT2D eigenvalue weighted by Gasteiger charge is 2.44. The molecule has 2 aliphatic heterocycles. The topological polar surface area (TPSA) is 61.8 Å². The summed E-state index contributed by atoms with van der Waals surface area (Å²) >= 11 is 0. The van der Waals surface area contributed by atoms with Crippen LogP contribution in [0.25, 0.3) is 0 Å². The molecule has 0 aromatic rings. The highest BCUT2D eigenvalue weighted by Crippen LogP contribution is 2.41. The van der Waals surface area contributed by atoms with Gasteiger partial charge in [-0.05, 0) is 30.6 Å². The van der Waals surface area contributed by atoms with E-state index in [0.717, 1.165) is 17.6 Å².